The van der Waals surface area contributed by atoms with E-state index in [-0.39, 0.29) is 16.0 Å². The molecular weight excluding hydrogens is 354 g/mol. The lowest BCUT2D eigenvalue weighted by molar-refractivity contribution is 0.0583. The zero-order valence-electron chi connectivity index (χ0n) is 13.5. The lowest BCUT2D eigenvalue weighted by Gasteiger charge is -2.21. The minimum Gasteiger partial charge on any atom is -0.465 e. The second kappa shape index (κ2) is 8.00. The molecule has 0 radical (unpaired) electrons. The number of rotatable bonds is 4. The summed E-state index contributed by atoms with van der Waals surface area (Å²) in [5.41, 5.74) is -0.0324. The van der Waals surface area contributed by atoms with Gasteiger partial charge in [0.25, 0.3) is 0 Å². The van der Waals surface area contributed by atoms with Gasteiger partial charge in [0.15, 0.2) is 0 Å². The van der Waals surface area contributed by atoms with E-state index in [4.69, 9.17) is 0 Å². The van der Waals surface area contributed by atoms with Crippen molar-refractivity contribution in [3.05, 3.63) is 29.3 Å². The molecule has 1 aromatic rings. The number of hydrogen-bond acceptors (Lipinski definition) is 7. The van der Waals surface area contributed by atoms with E-state index < -0.39 is 22.0 Å². The van der Waals surface area contributed by atoms with Crippen LogP contribution in [0.1, 0.15) is 27.1 Å². The number of carbonyl (C=O) groups is 2. The fraction of sp³-hybridized carbons (Fsp3) is 0.467. The van der Waals surface area contributed by atoms with Gasteiger partial charge >= 0.3 is 11.9 Å². The van der Waals surface area contributed by atoms with Crippen LogP contribution in [0.3, 0.4) is 0 Å². The Kier molecular flexibility index (Phi) is 6.25. The summed E-state index contributed by atoms with van der Waals surface area (Å²) in [7, 11) is -1.54. The van der Waals surface area contributed by atoms with Crippen molar-refractivity contribution in [3.8, 4) is 0 Å². The highest BCUT2D eigenvalue weighted by Crippen LogP contribution is 2.25. The summed E-state index contributed by atoms with van der Waals surface area (Å²) in [5.74, 6) is 0.130. The molecule has 0 saturated carbocycles. The first-order valence-corrected chi connectivity index (χ1v) is 9.90. The van der Waals surface area contributed by atoms with Crippen LogP contribution in [0.4, 0.5) is 0 Å². The molecule has 1 saturated heterocycles. The number of carbonyl (C=O) groups excluding carboxylic acids is 2. The summed E-state index contributed by atoms with van der Waals surface area (Å²) in [4.78, 5) is 23.4. The minimum atomic E-state index is -3.92. The SMILES string of the molecule is COC(=O)c1ccc(C(=O)OC)c(S(=O)(=O)N2CCCSCC2)c1. The molecule has 1 aromatic carbocycles. The summed E-state index contributed by atoms with van der Waals surface area (Å²) in [6.45, 7) is 0.731. The standard InChI is InChI=1S/C15H19NO6S2/c1-21-14(17)11-4-5-12(15(18)22-2)13(10-11)24(19,20)16-6-3-8-23-9-7-16/h4-5,10H,3,6-9H2,1-2H3. The number of esters is 2. The molecule has 0 aliphatic carbocycles. The summed E-state index contributed by atoms with van der Waals surface area (Å²) in [6.07, 6.45) is 0.730. The van der Waals surface area contributed by atoms with Crippen LogP contribution in [0.5, 0.6) is 0 Å². The lowest BCUT2D eigenvalue weighted by Crippen LogP contribution is -2.34. The maximum Gasteiger partial charge on any atom is 0.339 e. The predicted molar refractivity (Wildman–Crippen MR) is 89.8 cm³/mol. The quantitative estimate of drug-likeness (QED) is 0.737. The van der Waals surface area contributed by atoms with Gasteiger partial charge in [0, 0.05) is 18.8 Å². The molecule has 0 N–H and O–H groups in total. The van der Waals surface area contributed by atoms with Crippen LogP contribution >= 0.6 is 11.8 Å². The van der Waals surface area contributed by atoms with Gasteiger partial charge in [-0.2, -0.15) is 16.1 Å². The van der Waals surface area contributed by atoms with E-state index in [0.717, 1.165) is 12.2 Å². The summed E-state index contributed by atoms with van der Waals surface area (Å²) < 4.78 is 36.6. The molecule has 0 spiro atoms. The molecule has 0 unspecified atom stereocenters. The highest BCUT2D eigenvalue weighted by atomic mass is 32.2. The van der Waals surface area contributed by atoms with Gasteiger partial charge in [0.2, 0.25) is 10.0 Å². The van der Waals surface area contributed by atoms with Crippen molar-refractivity contribution >= 4 is 33.7 Å². The van der Waals surface area contributed by atoms with Crippen LogP contribution in [0, 0.1) is 0 Å². The van der Waals surface area contributed by atoms with E-state index in [0.29, 0.717) is 18.8 Å². The highest BCUT2D eigenvalue weighted by molar-refractivity contribution is 7.99. The van der Waals surface area contributed by atoms with Crippen LogP contribution in [-0.2, 0) is 19.5 Å². The molecule has 1 aliphatic rings. The van der Waals surface area contributed by atoms with Gasteiger partial charge in [-0.1, -0.05) is 0 Å². The van der Waals surface area contributed by atoms with Crippen molar-refractivity contribution in [1.82, 2.24) is 4.31 Å². The number of methoxy groups -OCH3 is 2. The third-order valence-electron chi connectivity index (χ3n) is 3.61. The van der Waals surface area contributed by atoms with Crippen LogP contribution in [0.2, 0.25) is 0 Å². The molecule has 1 heterocycles. The van der Waals surface area contributed by atoms with E-state index >= 15 is 0 Å². The fourth-order valence-corrected chi connectivity index (χ4v) is 5.05. The molecule has 1 aliphatic heterocycles. The van der Waals surface area contributed by atoms with Crippen molar-refractivity contribution in [2.45, 2.75) is 11.3 Å². The summed E-state index contributed by atoms with van der Waals surface area (Å²) in [6, 6.07) is 3.79. The fourth-order valence-electron chi connectivity index (χ4n) is 2.36. The minimum absolute atomic E-state index is 0.0629. The van der Waals surface area contributed by atoms with Crippen molar-refractivity contribution in [2.75, 3.05) is 38.8 Å². The second-order valence-electron chi connectivity index (χ2n) is 5.06. The Morgan fingerprint density at radius 3 is 2.46 bits per heavy atom. The Morgan fingerprint density at radius 1 is 1.08 bits per heavy atom. The Labute approximate surface area is 145 Å². The van der Waals surface area contributed by atoms with Crippen LogP contribution in [-0.4, -0.2) is 63.5 Å². The maximum absolute atomic E-state index is 13.0. The Morgan fingerprint density at radius 2 is 1.79 bits per heavy atom. The van der Waals surface area contributed by atoms with Gasteiger partial charge in [0.05, 0.1) is 30.2 Å². The van der Waals surface area contributed by atoms with Crippen molar-refractivity contribution in [1.29, 1.82) is 0 Å². The number of hydrogen-bond donors (Lipinski definition) is 0. The zero-order valence-corrected chi connectivity index (χ0v) is 15.1. The number of nitrogens with zero attached hydrogens (tertiary/aromatic N) is 1. The molecule has 2 rings (SSSR count). The monoisotopic (exact) mass is 373 g/mol. The van der Waals surface area contributed by atoms with Gasteiger partial charge in [-0.15, -0.1) is 0 Å². The topological polar surface area (TPSA) is 90.0 Å². The van der Waals surface area contributed by atoms with Crippen LogP contribution in [0.25, 0.3) is 0 Å². The van der Waals surface area contributed by atoms with Gasteiger partial charge in [-0.25, -0.2) is 18.0 Å². The van der Waals surface area contributed by atoms with Crippen molar-refractivity contribution < 1.29 is 27.5 Å². The van der Waals surface area contributed by atoms with E-state index in [2.05, 4.69) is 9.47 Å². The molecule has 0 aromatic heterocycles. The van der Waals surface area contributed by atoms with E-state index in [1.165, 1.54) is 36.7 Å². The highest BCUT2D eigenvalue weighted by Gasteiger charge is 2.31. The van der Waals surface area contributed by atoms with Gasteiger partial charge in [-0.05, 0) is 30.4 Å². The molecule has 7 nitrogen and oxygen atoms in total. The Hall–Kier alpha value is -1.58. The van der Waals surface area contributed by atoms with Gasteiger partial charge < -0.3 is 9.47 Å². The first-order chi connectivity index (χ1) is 11.4. The third kappa shape index (κ3) is 3.90. The normalized spacial score (nSPS) is 16.2. The number of sulfonamides is 1. The second-order valence-corrected chi connectivity index (χ2v) is 8.20. The summed E-state index contributed by atoms with van der Waals surface area (Å²) in [5, 5.41) is 0. The molecule has 1 fully saturated rings. The van der Waals surface area contributed by atoms with Crippen LogP contribution in [0.15, 0.2) is 23.1 Å². The molecular formula is C15H19NO6S2. The van der Waals surface area contributed by atoms with Crippen molar-refractivity contribution in [2.24, 2.45) is 0 Å². The third-order valence-corrected chi connectivity index (χ3v) is 6.59. The van der Waals surface area contributed by atoms with E-state index in [1.54, 1.807) is 11.8 Å². The lowest BCUT2D eigenvalue weighted by atomic mass is 10.1. The smallest absolute Gasteiger partial charge is 0.339 e. The largest absolute Gasteiger partial charge is 0.465 e. The molecule has 0 bridgehead atoms. The number of thioether (sulfide) groups is 1. The maximum atomic E-state index is 13.0. The van der Waals surface area contributed by atoms with Crippen LogP contribution < -0.4 is 0 Å². The number of ether oxygens (including phenoxy) is 2. The zero-order chi connectivity index (χ0) is 17.7. The molecule has 0 atom stereocenters. The first kappa shape index (κ1) is 18.8. The van der Waals surface area contributed by atoms with Gasteiger partial charge in [-0.3, -0.25) is 0 Å². The average Bonchev–Trinajstić information content (AvgIpc) is 2.89. The first-order valence-electron chi connectivity index (χ1n) is 7.30. The van der Waals surface area contributed by atoms with Crippen molar-refractivity contribution in [3.63, 3.8) is 0 Å². The van der Waals surface area contributed by atoms with Gasteiger partial charge in [0.1, 0.15) is 0 Å². The predicted octanol–water partition coefficient (Wildman–Crippen LogP) is 1.39. The molecule has 24 heavy (non-hydrogen) atoms. The Bertz CT molecular complexity index is 723. The van der Waals surface area contributed by atoms with E-state index in [9.17, 15) is 18.0 Å². The van der Waals surface area contributed by atoms with E-state index in [1.807, 2.05) is 0 Å². The molecule has 9 heteroatoms. The Balaban J connectivity index is 2.54. The molecule has 132 valence electrons. The number of benzene rings is 1. The summed E-state index contributed by atoms with van der Waals surface area (Å²) >= 11 is 1.69. The average molecular weight is 373 g/mol. The molecule has 0 amide bonds.